The predicted molar refractivity (Wildman–Crippen MR) is 108 cm³/mol. The summed E-state index contributed by atoms with van der Waals surface area (Å²) >= 11 is 0. The first-order chi connectivity index (χ1) is 14.0. The van der Waals surface area contributed by atoms with Crippen molar-refractivity contribution >= 4 is 5.95 Å². The number of nitrogens with zero attached hydrogens (tertiary/aromatic N) is 4. The van der Waals surface area contributed by atoms with E-state index in [0.717, 1.165) is 22.9 Å². The minimum absolute atomic E-state index is 0.232. The zero-order valence-electron chi connectivity index (χ0n) is 16.4. The average molecular weight is 396 g/mol. The topological polar surface area (TPSA) is 74.4 Å². The summed E-state index contributed by atoms with van der Waals surface area (Å²) in [7, 11) is 0. The van der Waals surface area contributed by atoms with Gasteiger partial charge in [0.05, 0.1) is 5.60 Å². The molecule has 2 N–H and O–H groups in total. The van der Waals surface area contributed by atoms with Crippen LogP contribution in [0.1, 0.15) is 30.3 Å². The van der Waals surface area contributed by atoms with Crippen molar-refractivity contribution in [3.05, 3.63) is 71.3 Å². The average Bonchev–Trinajstić information content (AvgIpc) is 3.27. The van der Waals surface area contributed by atoms with Crippen molar-refractivity contribution in [3.63, 3.8) is 0 Å². The Morgan fingerprint density at radius 2 is 1.90 bits per heavy atom. The summed E-state index contributed by atoms with van der Waals surface area (Å²) in [5.41, 5.74) is 0.999. The molecule has 7 heteroatoms. The highest BCUT2D eigenvalue weighted by Crippen LogP contribution is 2.29. The van der Waals surface area contributed by atoms with Crippen LogP contribution in [0.25, 0.3) is 0 Å². The molecule has 2 aromatic carbocycles. The van der Waals surface area contributed by atoms with Gasteiger partial charge in [-0.2, -0.15) is 0 Å². The molecule has 0 radical (unpaired) electrons. The van der Waals surface area contributed by atoms with E-state index in [2.05, 4.69) is 15.1 Å². The second kappa shape index (κ2) is 7.83. The Hall–Kier alpha value is -2.93. The second-order valence-electron chi connectivity index (χ2n) is 7.71. The van der Waals surface area contributed by atoms with Crippen LogP contribution >= 0.6 is 0 Å². The van der Waals surface area contributed by atoms with Crippen LogP contribution in [-0.2, 0) is 19.4 Å². The van der Waals surface area contributed by atoms with Crippen LogP contribution < -0.4 is 4.90 Å². The van der Waals surface area contributed by atoms with E-state index in [-0.39, 0.29) is 11.6 Å². The molecule has 1 saturated heterocycles. The minimum Gasteiger partial charge on any atom is -0.508 e. The fourth-order valence-corrected chi connectivity index (χ4v) is 4.02. The monoisotopic (exact) mass is 396 g/mol. The molecule has 0 bridgehead atoms. The first-order valence-electron chi connectivity index (χ1n) is 9.87. The minimum atomic E-state index is -0.881. The molecule has 0 aliphatic carbocycles. The molecular formula is C22H25FN4O2. The lowest BCUT2D eigenvalue weighted by Gasteiger charge is -2.24. The van der Waals surface area contributed by atoms with Gasteiger partial charge in [-0.25, -0.2) is 4.39 Å². The Morgan fingerprint density at radius 3 is 2.62 bits per heavy atom. The van der Waals surface area contributed by atoms with Crippen LogP contribution in [0, 0.1) is 5.82 Å². The summed E-state index contributed by atoms with van der Waals surface area (Å²) < 4.78 is 15.2. The van der Waals surface area contributed by atoms with Gasteiger partial charge < -0.3 is 15.1 Å². The summed E-state index contributed by atoms with van der Waals surface area (Å²) in [5, 5.41) is 29.5. The Morgan fingerprint density at radius 1 is 1.10 bits per heavy atom. The van der Waals surface area contributed by atoms with E-state index >= 15 is 0 Å². The Bertz CT molecular complexity index is 989. The number of benzene rings is 2. The molecule has 1 aromatic heterocycles. The third-order valence-electron chi connectivity index (χ3n) is 5.46. The number of β-amino-alcohol motifs (C(OH)–C–C–N with tert-alkyl or cyclic N) is 1. The Labute approximate surface area is 169 Å². The number of hydrogen-bond acceptors (Lipinski definition) is 5. The van der Waals surface area contributed by atoms with Crippen LogP contribution in [0.4, 0.5) is 10.3 Å². The van der Waals surface area contributed by atoms with E-state index in [1.165, 1.54) is 12.1 Å². The molecular weight excluding hydrogens is 371 g/mol. The highest BCUT2D eigenvalue weighted by molar-refractivity contribution is 5.37. The van der Waals surface area contributed by atoms with Crippen molar-refractivity contribution in [1.29, 1.82) is 0 Å². The van der Waals surface area contributed by atoms with Crippen molar-refractivity contribution in [3.8, 4) is 5.75 Å². The number of aromatic hydroxyl groups is 1. The van der Waals surface area contributed by atoms with Gasteiger partial charge in [0.15, 0.2) is 0 Å². The van der Waals surface area contributed by atoms with Crippen LogP contribution in [0.5, 0.6) is 5.75 Å². The molecule has 3 aromatic rings. The quantitative estimate of drug-likeness (QED) is 0.670. The summed E-state index contributed by atoms with van der Waals surface area (Å²) in [4.78, 5) is 2.06. The molecule has 0 amide bonds. The van der Waals surface area contributed by atoms with Gasteiger partial charge in [0.1, 0.15) is 17.4 Å². The van der Waals surface area contributed by atoms with Crippen molar-refractivity contribution in [2.24, 2.45) is 0 Å². The van der Waals surface area contributed by atoms with E-state index in [4.69, 9.17) is 0 Å². The number of rotatable bonds is 6. The molecule has 2 heterocycles. The van der Waals surface area contributed by atoms with Crippen molar-refractivity contribution < 1.29 is 14.6 Å². The van der Waals surface area contributed by atoms with Gasteiger partial charge in [-0.15, -0.1) is 10.2 Å². The SMILES string of the molecule is CCn1c(Cc2cccc(O)c2)nnc1N1CCC(O)(Cc2ccc(F)cc2)C1. The third-order valence-corrected chi connectivity index (χ3v) is 5.46. The summed E-state index contributed by atoms with van der Waals surface area (Å²) in [6, 6.07) is 13.4. The van der Waals surface area contributed by atoms with Crippen LogP contribution in [0.3, 0.4) is 0 Å². The molecule has 1 aliphatic rings. The van der Waals surface area contributed by atoms with E-state index in [1.807, 2.05) is 23.6 Å². The molecule has 0 saturated carbocycles. The molecule has 1 unspecified atom stereocenters. The lowest BCUT2D eigenvalue weighted by molar-refractivity contribution is 0.0636. The number of phenolic OH excluding ortho intramolecular Hbond substituents is 1. The fraction of sp³-hybridized carbons (Fsp3) is 0.364. The molecule has 6 nitrogen and oxygen atoms in total. The third kappa shape index (κ3) is 4.24. The zero-order chi connectivity index (χ0) is 20.4. The second-order valence-corrected chi connectivity index (χ2v) is 7.71. The number of halogens is 1. The number of anilines is 1. The summed E-state index contributed by atoms with van der Waals surface area (Å²) in [6.07, 6.45) is 1.66. The lowest BCUT2D eigenvalue weighted by Crippen LogP contribution is -2.36. The van der Waals surface area contributed by atoms with E-state index in [9.17, 15) is 14.6 Å². The maximum Gasteiger partial charge on any atom is 0.227 e. The standard InChI is InChI=1S/C22H25FN4O2/c1-2-27-20(13-17-4-3-5-19(28)12-17)24-25-21(27)26-11-10-22(29,15-26)14-16-6-8-18(23)9-7-16/h3-9,12,28-29H,2,10-11,13-15H2,1H3. The summed E-state index contributed by atoms with van der Waals surface area (Å²) in [5.74, 6) is 1.53. The maximum absolute atomic E-state index is 13.1. The van der Waals surface area contributed by atoms with Gasteiger partial charge in [-0.1, -0.05) is 24.3 Å². The van der Waals surface area contributed by atoms with Gasteiger partial charge in [-0.3, -0.25) is 4.57 Å². The fourth-order valence-electron chi connectivity index (χ4n) is 4.02. The van der Waals surface area contributed by atoms with E-state index < -0.39 is 5.60 Å². The molecule has 1 atom stereocenters. The Kier molecular flexibility index (Phi) is 5.24. The molecule has 1 aliphatic heterocycles. The molecule has 0 spiro atoms. The van der Waals surface area contributed by atoms with Gasteiger partial charge in [0.2, 0.25) is 5.95 Å². The normalized spacial score (nSPS) is 19.1. The predicted octanol–water partition coefficient (Wildman–Crippen LogP) is 2.92. The molecule has 4 rings (SSSR count). The van der Waals surface area contributed by atoms with Crippen molar-refractivity contribution in [1.82, 2.24) is 14.8 Å². The van der Waals surface area contributed by atoms with Gasteiger partial charge >= 0.3 is 0 Å². The van der Waals surface area contributed by atoms with Crippen molar-refractivity contribution in [2.75, 3.05) is 18.0 Å². The molecule has 152 valence electrons. The maximum atomic E-state index is 13.1. The first kappa shape index (κ1) is 19.4. The zero-order valence-corrected chi connectivity index (χ0v) is 16.4. The number of aromatic nitrogens is 3. The first-order valence-corrected chi connectivity index (χ1v) is 9.87. The lowest BCUT2D eigenvalue weighted by atomic mass is 9.94. The highest BCUT2D eigenvalue weighted by atomic mass is 19.1. The van der Waals surface area contributed by atoms with E-state index in [1.54, 1.807) is 24.3 Å². The van der Waals surface area contributed by atoms with Gasteiger partial charge in [0, 0.05) is 32.5 Å². The molecule has 1 fully saturated rings. The number of phenols is 1. The highest BCUT2D eigenvalue weighted by Gasteiger charge is 2.38. The van der Waals surface area contributed by atoms with Crippen LogP contribution in [-0.4, -0.2) is 43.7 Å². The van der Waals surface area contributed by atoms with Gasteiger partial charge in [-0.05, 0) is 48.7 Å². The van der Waals surface area contributed by atoms with Gasteiger partial charge in [0.25, 0.3) is 0 Å². The number of aliphatic hydroxyl groups is 1. The van der Waals surface area contributed by atoms with Crippen molar-refractivity contribution in [2.45, 2.75) is 38.3 Å². The Balaban J connectivity index is 1.50. The summed E-state index contributed by atoms with van der Waals surface area (Å²) in [6.45, 7) is 3.89. The molecule has 29 heavy (non-hydrogen) atoms. The van der Waals surface area contributed by atoms with E-state index in [0.29, 0.717) is 38.9 Å². The largest absolute Gasteiger partial charge is 0.508 e. The number of hydrogen-bond donors (Lipinski definition) is 2. The smallest absolute Gasteiger partial charge is 0.227 e. The van der Waals surface area contributed by atoms with Crippen LogP contribution in [0.15, 0.2) is 48.5 Å². The van der Waals surface area contributed by atoms with Crippen LogP contribution in [0.2, 0.25) is 0 Å².